The smallest absolute Gasteiger partial charge is 0.343 e. The highest BCUT2D eigenvalue weighted by atomic mass is 32.2. The van der Waals surface area contributed by atoms with Crippen LogP contribution in [0.15, 0.2) is 0 Å². The normalized spacial score (nSPS) is 20.4. The largest absolute Gasteiger partial charge is 0.449 e. The molecule has 1 saturated heterocycles. The van der Waals surface area contributed by atoms with Crippen LogP contribution in [0.2, 0.25) is 0 Å². The molecular formula is C14H21N3O5S2. The zero-order valence-electron chi connectivity index (χ0n) is 14.0. The van der Waals surface area contributed by atoms with Gasteiger partial charge >= 0.3 is 5.97 Å². The molecule has 2 heterocycles. The minimum atomic E-state index is -3.09. The fourth-order valence-electron chi connectivity index (χ4n) is 2.60. The first-order valence-corrected chi connectivity index (χ1v) is 10.1. The Morgan fingerprint density at radius 2 is 2.12 bits per heavy atom. The van der Waals surface area contributed by atoms with Gasteiger partial charge in [0.1, 0.15) is 10.6 Å². The molecule has 1 fully saturated rings. The summed E-state index contributed by atoms with van der Waals surface area (Å²) in [5, 5.41) is 3.45. The molecule has 1 aromatic heterocycles. The van der Waals surface area contributed by atoms with Gasteiger partial charge < -0.3 is 15.0 Å². The quantitative estimate of drug-likeness (QED) is 0.755. The van der Waals surface area contributed by atoms with Crippen LogP contribution in [0.3, 0.4) is 0 Å². The summed E-state index contributed by atoms with van der Waals surface area (Å²) in [7, 11) is 0.120. The molecule has 2 rings (SSSR count). The second kappa shape index (κ2) is 7.06. The summed E-state index contributed by atoms with van der Waals surface area (Å²) < 4.78 is 32.4. The fourth-order valence-corrected chi connectivity index (χ4v) is 5.11. The van der Waals surface area contributed by atoms with E-state index in [9.17, 15) is 18.0 Å². The number of amides is 1. The van der Waals surface area contributed by atoms with Crippen molar-refractivity contribution < 1.29 is 22.7 Å². The number of sulfone groups is 1. The van der Waals surface area contributed by atoms with Crippen molar-refractivity contribution in [2.24, 2.45) is 0 Å². The van der Waals surface area contributed by atoms with E-state index < -0.39 is 27.8 Å². The predicted octanol–water partition coefficient (Wildman–Crippen LogP) is 0.684. The van der Waals surface area contributed by atoms with Crippen molar-refractivity contribution in [2.75, 3.05) is 30.9 Å². The Morgan fingerprint density at radius 1 is 1.46 bits per heavy atom. The van der Waals surface area contributed by atoms with Gasteiger partial charge in [-0.1, -0.05) is 0 Å². The monoisotopic (exact) mass is 375 g/mol. The Hall–Kier alpha value is -1.68. The zero-order valence-corrected chi connectivity index (χ0v) is 15.7. The van der Waals surface area contributed by atoms with E-state index in [1.54, 1.807) is 14.0 Å². The first kappa shape index (κ1) is 18.7. The van der Waals surface area contributed by atoms with Gasteiger partial charge in [-0.15, -0.1) is 0 Å². The van der Waals surface area contributed by atoms with E-state index >= 15 is 0 Å². The standard InChI is InChI=1S/C14H21N3O5S2/c1-8-11(12(15-3)23-16-8)14(19)22-9(2)13(18)17(4)10-5-6-24(20,21)7-10/h9-10,15H,5-7H2,1-4H3/t9-,10-/m1/s1. The topological polar surface area (TPSA) is 106 Å². The molecule has 0 bridgehead atoms. The van der Waals surface area contributed by atoms with E-state index in [0.717, 1.165) is 11.5 Å². The molecule has 0 spiro atoms. The van der Waals surface area contributed by atoms with Crippen molar-refractivity contribution in [1.29, 1.82) is 0 Å². The van der Waals surface area contributed by atoms with Gasteiger partial charge in [-0.25, -0.2) is 13.2 Å². The molecule has 1 N–H and O–H groups in total. The van der Waals surface area contributed by atoms with E-state index in [-0.39, 0.29) is 17.5 Å². The maximum Gasteiger partial charge on any atom is 0.343 e. The summed E-state index contributed by atoms with van der Waals surface area (Å²) in [6.45, 7) is 3.17. The maximum absolute atomic E-state index is 12.4. The Morgan fingerprint density at radius 3 is 2.67 bits per heavy atom. The summed E-state index contributed by atoms with van der Waals surface area (Å²) in [6, 6.07) is -0.374. The highest BCUT2D eigenvalue weighted by Gasteiger charge is 2.35. The number of anilines is 1. The van der Waals surface area contributed by atoms with Gasteiger partial charge in [0.2, 0.25) is 0 Å². The number of nitrogens with zero attached hydrogens (tertiary/aromatic N) is 2. The molecule has 8 nitrogen and oxygen atoms in total. The van der Waals surface area contributed by atoms with Crippen LogP contribution in [-0.4, -0.2) is 67.3 Å². The van der Waals surface area contributed by atoms with Crippen molar-refractivity contribution in [3.63, 3.8) is 0 Å². The minimum Gasteiger partial charge on any atom is -0.449 e. The van der Waals surface area contributed by atoms with Crippen LogP contribution in [0.25, 0.3) is 0 Å². The predicted molar refractivity (Wildman–Crippen MR) is 91.1 cm³/mol. The van der Waals surface area contributed by atoms with Crippen molar-refractivity contribution in [3.8, 4) is 0 Å². The third-order valence-corrected chi connectivity index (χ3v) is 6.74. The number of aryl methyl sites for hydroxylation is 1. The molecule has 1 aliphatic heterocycles. The van der Waals surface area contributed by atoms with E-state index in [4.69, 9.17) is 4.74 Å². The second-order valence-corrected chi connectivity index (χ2v) is 8.78. The number of ether oxygens (including phenoxy) is 1. The summed E-state index contributed by atoms with van der Waals surface area (Å²) in [4.78, 5) is 26.1. The Labute approximate surface area is 145 Å². The van der Waals surface area contributed by atoms with E-state index in [1.165, 1.54) is 18.9 Å². The Kier molecular flexibility index (Phi) is 5.49. The number of likely N-dealkylation sites (N-methyl/N-ethyl adjacent to an activating group) is 1. The lowest BCUT2D eigenvalue weighted by Crippen LogP contribution is -2.44. The third-order valence-electron chi connectivity index (χ3n) is 4.03. The summed E-state index contributed by atoms with van der Waals surface area (Å²) in [6.07, 6.45) is -0.599. The second-order valence-electron chi connectivity index (χ2n) is 5.78. The molecule has 0 aromatic carbocycles. The lowest BCUT2D eigenvalue weighted by Gasteiger charge is -2.26. The number of hydrogen-bond acceptors (Lipinski definition) is 8. The lowest BCUT2D eigenvalue weighted by molar-refractivity contribution is -0.140. The van der Waals surface area contributed by atoms with Gasteiger partial charge in [0.15, 0.2) is 15.9 Å². The molecule has 1 aromatic rings. The van der Waals surface area contributed by atoms with E-state index in [2.05, 4.69) is 9.69 Å². The van der Waals surface area contributed by atoms with Gasteiger partial charge in [-0.3, -0.25) is 4.79 Å². The lowest BCUT2D eigenvalue weighted by atomic mass is 10.2. The molecular weight excluding hydrogens is 354 g/mol. The van der Waals surface area contributed by atoms with Gasteiger partial charge in [0.05, 0.1) is 17.2 Å². The number of hydrogen-bond donors (Lipinski definition) is 1. The Bertz CT molecular complexity index is 744. The number of carbonyl (C=O) groups is 2. The highest BCUT2D eigenvalue weighted by molar-refractivity contribution is 7.91. The molecule has 134 valence electrons. The third kappa shape index (κ3) is 3.86. The average molecular weight is 375 g/mol. The highest BCUT2D eigenvalue weighted by Crippen LogP contribution is 2.25. The first-order valence-electron chi connectivity index (χ1n) is 7.48. The fraction of sp³-hybridized carbons (Fsp3) is 0.643. The number of nitrogens with one attached hydrogen (secondary N) is 1. The SMILES string of the molecule is CNc1snc(C)c1C(=O)O[C@H](C)C(=O)N(C)[C@@H]1CCS(=O)(=O)C1. The molecule has 0 saturated carbocycles. The van der Waals surface area contributed by atoms with Crippen LogP contribution >= 0.6 is 11.5 Å². The minimum absolute atomic E-state index is 0.0482. The first-order chi connectivity index (χ1) is 11.2. The number of carbonyl (C=O) groups excluding carboxylic acids is 2. The molecule has 1 aliphatic rings. The van der Waals surface area contributed by atoms with Crippen molar-refractivity contribution in [1.82, 2.24) is 9.27 Å². The van der Waals surface area contributed by atoms with Crippen LogP contribution < -0.4 is 5.32 Å². The Balaban J connectivity index is 2.03. The van der Waals surface area contributed by atoms with Gasteiger partial charge in [0.25, 0.3) is 5.91 Å². The molecule has 24 heavy (non-hydrogen) atoms. The zero-order chi connectivity index (χ0) is 18.1. The average Bonchev–Trinajstić information content (AvgIpc) is 3.07. The van der Waals surface area contributed by atoms with E-state index in [1.807, 2.05) is 0 Å². The number of rotatable bonds is 5. The van der Waals surface area contributed by atoms with Gasteiger partial charge in [-0.05, 0) is 31.8 Å². The summed E-state index contributed by atoms with van der Waals surface area (Å²) >= 11 is 1.14. The van der Waals surface area contributed by atoms with Gasteiger partial charge in [-0.2, -0.15) is 4.37 Å². The number of esters is 1. The van der Waals surface area contributed by atoms with Crippen LogP contribution in [0, 0.1) is 6.92 Å². The molecule has 1 amide bonds. The molecule has 10 heteroatoms. The maximum atomic E-state index is 12.4. The number of aromatic nitrogens is 1. The van der Waals surface area contributed by atoms with Crippen LogP contribution in [0.4, 0.5) is 5.00 Å². The molecule has 2 atom stereocenters. The molecule has 0 unspecified atom stereocenters. The molecule has 0 radical (unpaired) electrons. The van der Waals surface area contributed by atoms with Crippen LogP contribution in [0.5, 0.6) is 0 Å². The van der Waals surface area contributed by atoms with Crippen molar-refractivity contribution in [2.45, 2.75) is 32.4 Å². The summed E-state index contributed by atoms with van der Waals surface area (Å²) in [5.41, 5.74) is 0.845. The molecule has 0 aliphatic carbocycles. The van der Waals surface area contributed by atoms with Crippen LogP contribution in [-0.2, 0) is 19.4 Å². The van der Waals surface area contributed by atoms with Crippen LogP contribution in [0.1, 0.15) is 29.4 Å². The van der Waals surface area contributed by atoms with Gasteiger partial charge in [0, 0.05) is 20.1 Å². The van der Waals surface area contributed by atoms with Crippen molar-refractivity contribution in [3.05, 3.63) is 11.3 Å². The summed E-state index contributed by atoms with van der Waals surface area (Å²) in [5.74, 6) is -1.02. The van der Waals surface area contributed by atoms with Crippen molar-refractivity contribution >= 4 is 38.2 Å². The van der Waals surface area contributed by atoms with E-state index in [0.29, 0.717) is 22.7 Å².